The molecule has 1 N–H and O–H groups in total. The lowest BCUT2D eigenvalue weighted by Crippen LogP contribution is -2.15. The number of para-hydroxylation sites is 1. The highest BCUT2D eigenvalue weighted by Gasteiger charge is 2.19. The van der Waals surface area contributed by atoms with E-state index in [1.165, 1.54) is 4.80 Å². The van der Waals surface area contributed by atoms with Crippen LogP contribution in [0.2, 0.25) is 0 Å². The molecule has 7 nitrogen and oxygen atoms in total. The molecule has 28 heavy (non-hydrogen) atoms. The number of carbonyl (C=O) groups excluding carboxylic acids is 1. The van der Waals surface area contributed by atoms with Gasteiger partial charge in [-0.25, -0.2) is 9.18 Å². The van der Waals surface area contributed by atoms with E-state index in [9.17, 15) is 9.18 Å². The van der Waals surface area contributed by atoms with Crippen LogP contribution in [0.1, 0.15) is 12.5 Å². The number of tetrazole rings is 1. The Morgan fingerprint density at radius 3 is 2.61 bits per heavy atom. The van der Waals surface area contributed by atoms with Crippen molar-refractivity contribution in [2.24, 2.45) is 0 Å². The molecular weight excluding hydrogens is 399 g/mol. The molecule has 1 heterocycles. The molecular formula is C18H20FN5O2P2. The minimum atomic E-state index is -1.56. The highest BCUT2D eigenvalue weighted by atomic mass is 31.1. The molecule has 2 aromatic carbocycles. The van der Waals surface area contributed by atoms with E-state index in [0.717, 1.165) is 16.9 Å². The first kappa shape index (κ1) is 20.3. The SMILES string of the molecule is CCOC(=O)Cn1nnc(-c2ccccc2Nc2ccc(C(F)(P)P)cc2)n1. The molecule has 0 aliphatic heterocycles. The standard InChI is InChI=1S/C18H20FN5O2P2/c1-2-26-16(25)11-24-22-17(21-23-24)14-5-3-4-6-15(14)20-13-9-7-12(8-10-13)18(19,27)28/h3-10,20H,2,11,27-28H2,1H3. The van der Waals surface area contributed by atoms with Gasteiger partial charge in [-0.15, -0.1) is 10.2 Å². The summed E-state index contributed by atoms with van der Waals surface area (Å²) in [7, 11) is 4.29. The maximum atomic E-state index is 14.0. The Morgan fingerprint density at radius 2 is 1.93 bits per heavy atom. The van der Waals surface area contributed by atoms with Gasteiger partial charge in [0.2, 0.25) is 5.82 Å². The molecule has 1 aromatic heterocycles. The summed E-state index contributed by atoms with van der Waals surface area (Å²) in [5.74, 6) is -0.0493. The van der Waals surface area contributed by atoms with Crippen molar-refractivity contribution in [2.45, 2.75) is 18.6 Å². The van der Waals surface area contributed by atoms with Gasteiger partial charge in [0.25, 0.3) is 0 Å². The summed E-state index contributed by atoms with van der Waals surface area (Å²) in [5.41, 5.74) is 2.80. The lowest BCUT2D eigenvalue weighted by atomic mass is 10.1. The summed E-state index contributed by atoms with van der Waals surface area (Å²) in [6, 6.07) is 14.5. The molecule has 0 saturated heterocycles. The van der Waals surface area contributed by atoms with Crippen LogP contribution in [0.4, 0.5) is 15.8 Å². The topological polar surface area (TPSA) is 81.9 Å². The Kier molecular flexibility index (Phi) is 6.32. The number of alkyl halides is 1. The second-order valence-corrected chi connectivity index (χ2v) is 8.31. The fraction of sp³-hybridized carbons (Fsp3) is 0.222. The number of nitrogens with zero attached hydrogens (tertiary/aromatic N) is 4. The first-order chi connectivity index (χ1) is 13.4. The number of esters is 1. The minimum absolute atomic E-state index is 0.104. The lowest BCUT2D eigenvalue weighted by Gasteiger charge is -2.15. The van der Waals surface area contributed by atoms with E-state index in [1.807, 2.05) is 24.3 Å². The molecule has 146 valence electrons. The summed E-state index contributed by atoms with van der Waals surface area (Å²) in [5, 5.41) is 13.9. The number of anilines is 2. The average molecular weight is 419 g/mol. The molecule has 0 amide bonds. The van der Waals surface area contributed by atoms with Gasteiger partial charge < -0.3 is 10.1 Å². The molecule has 3 aromatic rings. The summed E-state index contributed by atoms with van der Waals surface area (Å²) in [4.78, 5) is 12.8. The van der Waals surface area contributed by atoms with E-state index in [2.05, 4.69) is 39.2 Å². The zero-order valence-corrected chi connectivity index (χ0v) is 17.5. The zero-order valence-electron chi connectivity index (χ0n) is 15.2. The van der Waals surface area contributed by atoms with E-state index in [1.54, 1.807) is 31.2 Å². The number of ether oxygens (including phenoxy) is 1. The third-order valence-corrected chi connectivity index (χ3v) is 4.47. The van der Waals surface area contributed by atoms with E-state index in [0.29, 0.717) is 18.0 Å². The third-order valence-electron chi connectivity index (χ3n) is 3.80. The van der Waals surface area contributed by atoms with E-state index >= 15 is 0 Å². The molecule has 0 aliphatic rings. The predicted octanol–water partition coefficient (Wildman–Crippen LogP) is 3.48. The smallest absolute Gasteiger partial charge is 0.329 e. The number of aromatic nitrogens is 4. The summed E-state index contributed by atoms with van der Waals surface area (Å²) < 4.78 is 18.8. The molecule has 0 fully saturated rings. The van der Waals surface area contributed by atoms with Crippen LogP contribution in [0.3, 0.4) is 0 Å². The highest BCUT2D eigenvalue weighted by Crippen LogP contribution is 2.40. The molecule has 0 bridgehead atoms. The maximum absolute atomic E-state index is 14.0. The number of nitrogens with one attached hydrogen (secondary N) is 1. The van der Waals surface area contributed by atoms with Gasteiger partial charge in [0.05, 0.1) is 6.61 Å². The molecule has 0 saturated carbocycles. The van der Waals surface area contributed by atoms with Gasteiger partial charge in [-0.3, -0.25) is 0 Å². The van der Waals surface area contributed by atoms with Crippen LogP contribution in [0.15, 0.2) is 48.5 Å². The van der Waals surface area contributed by atoms with Gasteiger partial charge in [0.1, 0.15) is 0 Å². The van der Waals surface area contributed by atoms with Gasteiger partial charge in [-0.1, -0.05) is 42.7 Å². The van der Waals surface area contributed by atoms with Crippen molar-refractivity contribution in [2.75, 3.05) is 11.9 Å². The first-order valence-electron chi connectivity index (χ1n) is 8.54. The molecule has 10 heteroatoms. The van der Waals surface area contributed by atoms with Crippen LogP contribution in [0.25, 0.3) is 11.4 Å². The van der Waals surface area contributed by atoms with Gasteiger partial charge >= 0.3 is 5.97 Å². The van der Waals surface area contributed by atoms with Gasteiger partial charge in [-0.2, -0.15) is 4.80 Å². The van der Waals surface area contributed by atoms with E-state index in [4.69, 9.17) is 4.74 Å². The number of benzene rings is 2. The van der Waals surface area contributed by atoms with Crippen molar-refractivity contribution >= 4 is 35.8 Å². The maximum Gasteiger partial charge on any atom is 0.329 e. The summed E-state index contributed by atoms with van der Waals surface area (Å²) in [6.07, 6.45) is 0. The number of rotatable bonds is 7. The normalized spacial score (nSPS) is 11.3. The van der Waals surface area contributed by atoms with Crippen molar-refractivity contribution in [1.82, 2.24) is 20.2 Å². The third kappa shape index (κ3) is 5.09. The number of carbonyl (C=O) groups is 1. The van der Waals surface area contributed by atoms with Crippen molar-refractivity contribution in [3.05, 3.63) is 54.1 Å². The Balaban J connectivity index is 1.80. The lowest BCUT2D eigenvalue weighted by molar-refractivity contribution is -0.144. The van der Waals surface area contributed by atoms with Crippen molar-refractivity contribution in [1.29, 1.82) is 0 Å². The molecule has 0 radical (unpaired) electrons. The quantitative estimate of drug-likeness (QED) is 0.467. The van der Waals surface area contributed by atoms with Crippen LogP contribution in [-0.2, 0) is 21.2 Å². The Hall–Kier alpha value is -2.43. The number of hydrogen-bond donors (Lipinski definition) is 1. The fourth-order valence-corrected chi connectivity index (χ4v) is 2.88. The average Bonchev–Trinajstić information content (AvgIpc) is 3.10. The summed E-state index contributed by atoms with van der Waals surface area (Å²) >= 11 is 0. The first-order valence-corrected chi connectivity index (χ1v) is 9.69. The van der Waals surface area contributed by atoms with Crippen molar-refractivity contribution in [3.63, 3.8) is 0 Å². The Labute approximate surface area is 166 Å². The molecule has 3 rings (SSSR count). The zero-order chi connectivity index (χ0) is 20.1. The van der Waals surface area contributed by atoms with Crippen LogP contribution >= 0.6 is 18.5 Å². The fourth-order valence-electron chi connectivity index (χ4n) is 2.49. The van der Waals surface area contributed by atoms with Crippen molar-refractivity contribution in [3.8, 4) is 11.4 Å². The number of halogens is 1. The largest absolute Gasteiger partial charge is 0.465 e. The van der Waals surface area contributed by atoms with Crippen LogP contribution in [0.5, 0.6) is 0 Å². The van der Waals surface area contributed by atoms with Gasteiger partial charge in [0, 0.05) is 16.9 Å². The monoisotopic (exact) mass is 419 g/mol. The van der Waals surface area contributed by atoms with Crippen LogP contribution in [-0.4, -0.2) is 32.8 Å². The summed E-state index contributed by atoms with van der Waals surface area (Å²) in [6.45, 7) is 1.93. The predicted molar refractivity (Wildman–Crippen MR) is 112 cm³/mol. The molecule has 2 unspecified atom stereocenters. The van der Waals surface area contributed by atoms with Crippen molar-refractivity contribution < 1.29 is 13.9 Å². The second kappa shape index (κ2) is 8.72. The van der Waals surface area contributed by atoms with Crippen LogP contribution < -0.4 is 5.32 Å². The Bertz CT molecular complexity index is 957. The van der Waals surface area contributed by atoms with E-state index < -0.39 is 11.1 Å². The minimum Gasteiger partial charge on any atom is -0.465 e. The number of hydrogen-bond acceptors (Lipinski definition) is 6. The highest BCUT2D eigenvalue weighted by molar-refractivity contribution is 7.38. The van der Waals surface area contributed by atoms with Gasteiger partial charge in [0.15, 0.2) is 11.7 Å². The molecule has 0 spiro atoms. The van der Waals surface area contributed by atoms with E-state index in [-0.39, 0.29) is 6.54 Å². The van der Waals surface area contributed by atoms with Crippen LogP contribution in [0, 0.1) is 0 Å². The molecule has 2 atom stereocenters. The van der Waals surface area contributed by atoms with Gasteiger partial charge in [-0.05, 0) is 42.0 Å². The molecule has 0 aliphatic carbocycles. The second-order valence-electron chi connectivity index (χ2n) is 5.96. The Morgan fingerprint density at radius 1 is 1.21 bits per heavy atom.